The van der Waals surface area contributed by atoms with E-state index in [9.17, 15) is 5.11 Å². The minimum absolute atomic E-state index is 0.0563. The summed E-state index contributed by atoms with van der Waals surface area (Å²) in [5.41, 5.74) is 2.27. The molecule has 0 saturated carbocycles. The van der Waals surface area contributed by atoms with Gasteiger partial charge < -0.3 is 14.6 Å². The average Bonchev–Trinajstić information content (AvgIpc) is 2.39. The number of nitrogens with zero attached hydrogens (tertiary/aromatic N) is 2. The number of methoxy groups -OCH3 is 1. The first-order valence-electron chi connectivity index (χ1n) is 6.51. The van der Waals surface area contributed by atoms with Crippen LogP contribution in [0.1, 0.15) is 11.1 Å². The lowest BCUT2D eigenvalue weighted by atomic mass is 10.0. The molecule has 2 heterocycles. The van der Waals surface area contributed by atoms with Gasteiger partial charge in [-0.15, -0.1) is 0 Å². The lowest BCUT2D eigenvalue weighted by molar-refractivity contribution is -0.142. The number of aryl methyl sites for hydroxylation is 1. The summed E-state index contributed by atoms with van der Waals surface area (Å²) in [4.78, 5) is 6.28. The van der Waals surface area contributed by atoms with Gasteiger partial charge in [0.05, 0.1) is 19.3 Å². The zero-order valence-electron chi connectivity index (χ0n) is 11.7. The van der Waals surface area contributed by atoms with E-state index in [1.807, 2.05) is 26.4 Å². The van der Waals surface area contributed by atoms with Crippen LogP contribution < -0.4 is 0 Å². The van der Waals surface area contributed by atoms with Crippen molar-refractivity contribution in [2.45, 2.75) is 31.7 Å². The lowest BCUT2D eigenvalue weighted by Gasteiger charge is -2.38. The molecule has 1 aromatic heterocycles. The Morgan fingerprint density at radius 1 is 1.47 bits per heavy atom. The van der Waals surface area contributed by atoms with Gasteiger partial charge in [0.2, 0.25) is 0 Å². The summed E-state index contributed by atoms with van der Waals surface area (Å²) in [5.74, 6) is 0. The normalized spacial score (nSPS) is 27.7. The van der Waals surface area contributed by atoms with Gasteiger partial charge in [0, 0.05) is 26.0 Å². The monoisotopic (exact) mass is 266 g/mol. The number of pyridine rings is 1. The molecule has 5 nitrogen and oxygen atoms in total. The molecule has 0 radical (unpaired) electrons. The predicted molar refractivity (Wildman–Crippen MR) is 71.9 cm³/mol. The molecule has 1 aromatic rings. The third-order valence-electron chi connectivity index (χ3n) is 3.58. The van der Waals surface area contributed by atoms with Crippen LogP contribution in [0.15, 0.2) is 18.5 Å². The van der Waals surface area contributed by atoms with Gasteiger partial charge in [-0.25, -0.2) is 0 Å². The largest absolute Gasteiger partial charge is 0.389 e. The molecule has 1 N–H and O–H groups in total. The highest BCUT2D eigenvalue weighted by Crippen LogP contribution is 2.18. The van der Waals surface area contributed by atoms with E-state index in [0.29, 0.717) is 13.2 Å². The van der Waals surface area contributed by atoms with Gasteiger partial charge in [0.1, 0.15) is 12.2 Å². The number of rotatable bonds is 4. The number of aliphatic hydroxyl groups is 1. The zero-order chi connectivity index (χ0) is 13.8. The van der Waals surface area contributed by atoms with Gasteiger partial charge in [-0.1, -0.05) is 6.07 Å². The standard InChI is InChI=1S/C14H22N2O3/c1-10-4-11(6-15-5-10)7-16(2)12-8-19-9-13(18-3)14(12)17/h4-6,12-14,17H,7-9H2,1-3H3/t12-,13-,14+/m1/s1. The summed E-state index contributed by atoms with van der Waals surface area (Å²) in [7, 11) is 3.59. The molecule has 1 saturated heterocycles. The minimum atomic E-state index is -0.526. The van der Waals surface area contributed by atoms with Crippen molar-refractivity contribution in [3.05, 3.63) is 29.6 Å². The summed E-state index contributed by atoms with van der Waals surface area (Å²) in [6.45, 7) is 3.73. The molecular weight excluding hydrogens is 244 g/mol. The summed E-state index contributed by atoms with van der Waals surface area (Å²) >= 11 is 0. The second kappa shape index (κ2) is 6.43. The van der Waals surface area contributed by atoms with E-state index in [4.69, 9.17) is 9.47 Å². The zero-order valence-corrected chi connectivity index (χ0v) is 11.7. The summed E-state index contributed by atoms with van der Waals surface area (Å²) < 4.78 is 10.7. The van der Waals surface area contributed by atoms with Crippen molar-refractivity contribution in [3.8, 4) is 0 Å². The maximum atomic E-state index is 10.3. The Labute approximate surface area is 114 Å². The van der Waals surface area contributed by atoms with E-state index in [0.717, 1.165) is 17.7 Å². The van der Waals surface area contributed by atoms with Crippen LogP contribution in [0.5, 0.6) is 0 Å². The van der Waals surface area contributed by atoms with Gasteiger partial charge in [0.25, 0.3) is 0 Å². The molecule has 0 spiro atoms. The van der Waals surface area contributed by atoms with Crippen molar-refractivity contribution < 1.29 is 14.6 Å². The first-order valence-corrected chi connectivity index (χ1v) is 6.51. The van der Waals surface area contributed by atoms with Crippen molar-refractivity contribution in [2.75, 3.05) is 27.4 Å². The molecule has 0 unspecified atom stereocenters. The van der Waals surface area contributed by atoms with E-state index in [1.54, 1.807) is 7.11 Å². The number of aliphatic hydroxyl groups excluding tert-OH is 1. The predicted octanol–water partition coefficient (Wildman–Crippen LogP) is 0.597. The number of hydrogen-bond donors (Lipinski definition) is 1. The first kappa shape index (κ1) is 14.4. The first-order chi connectivity index (χ1) is 9.11. The number of likely N-dealkylation sites (N-methyl/N-ethyl adjacent to an activating group) is 1. The van der Waals surface area contributed by atoms with E-state index in [-0.39, 0.29) is 12.1 Å². The molecular formula is C14H22N2O3. The van der Waals surface area contributed by atoms with Crippen LogP contribution in [0.3, 0.4) is 0 Å². The SMILES string of the molecule is CO[C@@H]1COC[C@@H](N(C)Cc2cncc(C)c2)[C@@H]1O. The molecule has 0 amide bonds. The minimum Gasteiger partial charge on any atom is -0.389 e. The third kappa shape index (κ3) is 3.51. The van der Waals surface area contributed by atoms with E-state index < -0.39 is 6.10 Å². The summed E-state index contributed by atoms with van der Waals surface area (Å²) in [5, 5.41) is 10.3. The molecule has 0 aliphatic carbocycles. The maximum absolute atomic E-state index is 10.3. The van der Waals surface area contributed by atoms with Crippen LogP contribution in [0.2, 0.25) is 0 Å². The fraction of sp³-hybridized carbons (Fsp3) is 0.643. The number of aromatic nitrogens is 1. The highest BCUT2D eigenvalue weighted by Gasteiger charge is 2.35. The molecule has 19 heavy (non-hydrogen) atoms. The molecule has 1 aliphatic rings. The summed E-state index contributed by atoms with van der Waals surface area (Å²) in [6, 6.07) is 2.05. The van der Waals surface area contributed by atoms with Crippen LogP contribution in [0.25, 0.3) is 0 Å². The van der Waals surface area contributed by atoms with E-state index >= 15 is 0 Å². The van der Waals surface area contributed by atoms with Gasteiger partial charge in [-0.2, -0.15) is 0 Å². The highest BCUT2D eigenvalue weighted by molar-refractivity contribution is 5.16. The van der Waals surface area contributed by atoms with Crippen molar-refractivity contribution in [1.82, 2.24) is 9.88 Å². The van der Waals surface area contributed by atoms with Gasteiger partial charge >= 0.3 is 0 Å². The second-order valence-electron chi connectivity index (χ2n) is 5.16. The summed E-state index contributed by atoms with van der Waals surface area (Å²) in [6.07, 6.45) is 2.91. The molecule has 3 atom stereocenters. The Morgan fingerprint density at radius 3 is 2.95 bits per heavy atom. The van der Waals surface area contributed by atoms with Gasteiger partial charge in [-0.3, -0.25) is 9.88 Å². The average molecular weight is 266 g/mol. The molecule has 5 heteroatoms. The van der Waals surface area contributed by atoms with Crippen LogP contribution in [-0.4, -0.2) is 60.6 Å². The third-order valence-corrected chi connectivity index (χ3v) is 3.58. The molecule has 0 aromatic carbocycles. The van der Waals surface area contributed by atoms with Crippen molar-refractivity contribution in [3.63, 3.8) is 0 Å². The van der Waals surface area contributed by atoms with E-state index in [1.165, 1.54) is 0 Å². The topological polar surface area (TPSA) is 54.8 Å². The van der Waals surface area contributed by atoms with Crippen LogP contribution in [0.4, 0.5) is 0 Å². The molecule has 106 valence electrons. The van der Waals surface area contributed by atoms with Crippen LogP contribution in [-0.2, 0) is 16.0 Å². The molecule has 1 fully saturated rings. The number of ether oxygens (including phenoxy) is 2. The van der Waals surface area contributed by atoms with Gasteiger partial charge in [0.15, 0.2) is 0 Å². The van der Waals surface area contributed by atoms with Crippen molar-refractivity contribution in [1.29, 1.82) is 0 Å². The maximum Gasteiger partial charge on any atom is 0.108 e. The lowest BCUT2D eigenvalue weighted by Crippen LogP contribution is -2.55. The Bertz CT molecular complexity index is 413. The Hall–Kier alpha value is -1.01. The van der Waals surface area contributed by atoms with Crippen LogP contribution in [0, 0.1) is 6.92 Å². The fourth-order valence-corrected chi connectivity index (χ4v) is 2.45. The Kier molecular flexibility index (Phi) is 4.87. The van der Waals surface area contributed by atoms with Gasteiger partial charge in [-0.05, 0) is 25.1 Å². The molecule has 2 rings (SSSR count). The highest BCUT2D eigenvalue weighted by atomic mass is 16.5. The smallest absolute Gasteiger partial charge is 0.108 e. The number of hydrogen-bond acceptors (Lipinski definition) is 5. The molecule has 1 aliphatic heterocycles. The van der Waals surface area contributed by atoms with Crippen molar-refractivity contribution >= 4 is 0 Å². The quantitative estimate of drug-likeness (QED) is 0.865. The Balaban J connectivity index is 2.00. The fourth-order valence-electron chi connectivity index (χ4n) is 2.45. The van der Waals surface area contributed by atoms with Crippen LogP contribution >= 0.6 is 0 Å². The molecule has 0 bridgehead atoms. The second-order valence-corrected chi connectivity index (χ2v) is 5.16. The van der Waals surface area contributed by atoms with Crippen molar-refractivity contribution in [2.24, 2.45) is 0 Å². The Morgan fingerprint density at radius 2 is 2.26 bits per heavy atom. The van der Waals surface area contributed by atoms with E-state index in [2.05, 4.69) is 16.0 Å².